The van der Waals surface area contributed by atoms with Crippen LogP contribution in [-0.2, 0) is 16.1 Å². The Morgan fingerprint density at radius 2 is 2.03 bits per heavy atom. The van der Waals surface area contributed by atoms with Gasteiger partial charge in [-0.25, -0.2) is 9.37 Å². The van der Waals surface area contributed by atoms with E-state index in [0.29, 0.717) is 29.2 Å². The summed E-state index contributed by atoms with van der Waals surface area (Å²) in [6.45, 7) is 3.03. The number of hydrogen-bond donors (Lipinski definition) is 0. The Labute approximate surface area is 190 Å². The van der Waals surface area contributed by atoms with E-state index in [1.165, 1.54) is 23.9 Å². The maximum Gasteiger partial charge on any atom is 0.262 e. The number of hydrogen-bond acceptors (Lipinski definition) is 5. The van der Waals surface area contributed by atoms with Gasteiger partial charge in [0.25, 0.3) is 5.56 Å². The van der Waals surface area contributed by atoms with Crippen LogP contribution in [-0.4, -0.2) is 45.9 Å². The van der Waals surface area contributed by atoms with Gasteiger partial charge in [-0.1, -0.05) is 36.0 Å². The Kier molecular flexibility index (Phi) is 6.91. The van der Waals surface area contributed by atoms with Crippen molar-refractivity contribution in [2.24, 2.45) is 0 Å². The van der Waals surface area contributed by atoms with Crippen molar-refractivity contribution in [1.82, 2.24) is 14.5 Å². The smallest absolute Gasteiger partial charge is 0.262 e. The molecule has 2 unspecified atom stereocenters. The van der Waals surface area contributed by atoms with Gasteiger partial charge in [-0.2, -0.15) is 0 Å². The molecule has 8 heteroatoms. The minimum absolute atomic E-state index is 0.0214. The lowest BCUT2D eigenvalue weighted by Crippen LogP contribution is -2.32. The number of rotatable bonds is 7. The van der Waals surface area contributed by atoms with Crippen LogP contribution in [0.15, 0.2) is 58.5 Å². The second-order valence-corrected chi connectivity index (χ2v) is 8.93. The quantitative estimate of drug-likeness (QED) is 0.398. The van der Waals surface area contributed by atoms with Crippen molar-refractivity contribution in [2.75, 3.05) is 19.4 Å². The van der Waals surface area contributed by atoms with Crippen LogP contribution >= 0.6 is 11.8 Å². The zero-order valence-electron chi connectivity index (χ0n) is 18.2. The zero-order valence-corrected chi connectivity index (χ0v) is 19.0. The number of amides is 1. The Morgan fingerprint density at radius 1 is 1.28 bits per heavy atom. The molecule has 32 heavy (non-hydrogen) atoms. The van der Waals surface area contributed by atoms with Crippen molar-refractivity contribution in [2.45, 2.75) is 43.6 Å². The van der Waals surface area contributed by atoms with E-state index in [1.807, 2.05) is 25.1 Å². The number of halogens is 1. The number of thioether (sulfide) groups is 1. The van der Waals surface area contributed by atoms with E-state index in [2.05, 4.69) is 4.98 Å². The van der Waals surface area contributed by atoms with Crippen LogP contribution in [0.3, 0.4) is 0 Å². The number of nitrogens with zero attached hydrogens (tertiary/aromatic N) is 3. The van der Waals surface area contributed by atoms with Gasteiger partial charge in [0, 0.05) is 13.7 Å². The standard InChI is InChI=1S/C24H26FN3O3S/c1-16(17-9-11-18(25)12-10-17)27(2)22(29)15-32-24-26-21-8-4-3-7-20(21)23(30)28(24)14-19-6-5-13-31-19/h3-4,7-12,16,19H,5-6,13-15H2,1-2H3. The molecule has 1 saturated heterocycles. The predicted molar refractivity (Wildman–Crippen MR) is 123 cm³/mol. The van der Waals surface area contributed by atoms with Crippen molar-refractivity contribution >= 4 is 28.6 Å². The van der Waals surface area contributed by atoms with Crippen LogP contribution in [0.4, 0.5) is 4.39 Å². The van der Waals surface area contributed by atoms with Crippen molar-refractivity contribution in [3.05, 3.63) is 70.3 Å². The van der Waals surface area contributed by atoms with Crippen molar-refractivity contribution in [3.63, 3.8) is 0 Å². The molecule has 1 fully saturated rings. The third kappa shape index (κ3) is 4.86. The van der Waals surface area contributed by atoms with E-state index >= 15 is 0 Å². The molecule has 168 valence electrons. The summed E-state index contributed by atoms with van der Waals surface area (Å²) in [7, 11) is 1.73. The first kappa shape index (κ1) is 22.5. The lowest BCUT2D eigenvalue weighted by molar-refractivity contribution is -0.128. The summed E-state index contributed by atoms with van der Waals surface area (Å²) < 4.78 is 20.6. The maximum atomic E-state index is 13.2. The van der Waals surface area contributed by atoms with Crippen LogP contribution in [0.5, 0.6) is 0 Å². The second-order valence-electron chi connectivity index (χ2n) is 7.98. The highest BCUT2D eigenvalue weighted by atomic mass is 32.2. The average Bonchev–Trinajstić information content (AvgIpc) is 3.32. The van der Waals surface area contributed by atoms with Gasteiger partial charge in [-0.15, -0.1) is 0 Å². The fourth-order valence-electron chi connectivity index (χ4n) is 3.82. The molecule has 0 radical (unpaired) electrons. The third-order valence-corrected chi connectivity index (χ3v) is 6.85. The molecule has 1 aliphatic heterocycles. The minimum Gasteiger partial charge on any atom is -0.376 e. The molecule has 0 bridgehead atoms. The number of ether oxygens (including phenoxy) is 1. The molecule has 3 aromatic rings. The van der Waals surface area contributed by atoms with Gasteiger partial charge in [0.15, 0.2) is 5.16 Å². The van der Waals surface area contributed by atoms with Crippen molar-refractivity contribution in [1.29, 1.82) is 0 Å². The number of benzene rings is 2. The maximum absolute atomic E-state index is 13.2. The predicted octanol–water partition coefficient (Wildman–Crippen LogP) is 4.03. The molecule has 1 aliphatic rings. The zero-order chi connectivity index (χ0) is 22.7. The molecular weight excluding hydrogens is 429 g/mol. The fraction of sp³-hybridized carbons (Fsp3) is 0.375. The monoisotopic (exact) mass is 455 g/mol. The molecule has 1 amide bonds. The van der Waals surface area contributed by atoms with Crippen LogP contribution in [0.2, 0.25) is 0 Å². The topological polar surface area (TPSA) is 64.4 Å². The summed E-state index contributed by atoms with van der Waals surface area (Å²) in [4.78, 5) is 32.4. The first-order chi connectivity index (χ1) is 15.4. The van der Waals surface area contributed by atoms with E-state index in [0.717, 1.165) is 18.4 Å². The Bertz CT molecular complexity index is 1160. The van der Waals surface area contributed by atoms with E-state index in [1.54, 1.807) is 34.7 Å². The summed E-state index contributed by atoms with van der Waals surface area (Å²) in [5, 5.41) is 1.07. The van der Waals surface area contributed by atoms with Gasteiger partial charge < -0.3 is 9.64 Å². The molecule has 0 aliphatic carbocycles. The van der Waals surface area contributed by atoms with Crippen LogP contribution in [0.1, 0.15) is 31.4 Å². The fourth-order valence-corrected chi connectivity index (χ4v) is 4.75. The van der Waals surface area contributed by atoms with Crippen LogP contribution in [0.25, 0.3) is 10.9 Å². The number of aromatic nitrogens is 2. The molecule has 2 aromatic carbocycles. The van der Waals surface area contributed by atoms with Gasteiger partial charge in [0.1, 0.15) is 5.82 Å². The molecule has 4 rings (SSSR count). The normalized spacial score (nSPS) is 16.9. The molecule has 6 nitrogen and oxygen atoms in total. The highest BCUT2D eigenvalue weighted by molar-refractivity contribution is 7.99. The molecule has 0 spiro atoms. The third-order valence-electron chi connectivity index (χ3n) is 5.89. The van der Waals surface area contributed by atoms with E-state index in [9.17, 15) is 14.0 Å². The summed E-state index contributed by atoms with van der Waals surface area (Å²) >= 11 is 1.26. The van der Waals surface area contributed by atoms with Gasteiger partial charge in [0.2, 0.25) is 5.91 Å². The van der Waals surface area contributed by atoms with Crippen molar-refractivity contribution < 1.29 is 13.9 Å². The first-order valence-corrected chi connectivity index (χ1v) is 11.7. The van der Waals surface area contributed by atoms with E-state index < -0.39 is 0 Å². The van der Waals surface area contributed by atoms with Gasteiger partial charge in [-0.05, 0) is 49.6 Å². The second kappa shape index (κ2) is 9.83. The first-order valence-electron chi connectivity index (χ1n) is 10.7. The summed E-state index contributed by atoms with van der Waals surface area (Å²) in [6, 6.07) is 13.2. The Morgan fingerprint density at radius 3 is 2.75 bits per heavy atom. The van der Waals surface area contributed by atoms with Gasteiger partial charge in [0.05, 0.1) is 35.3 Å². The summed E-state index contributed by atoms with van der Waals surface area (Å²) in [6.07, 6.45) is 1.86. The molecule has 0 N–H and O–H groups in total. The SMILES string of the molecule is CC(c1ccc(F)cc1)N(C)C(=O)CSc1nc2ccccc2c(=O)n1CC1CCCO1. The summed E-state index contributed by atoms with van der Waals surface area (Å²) in [5.41, 5.74) is 1.35. The van der Waals surface area contributed by atoms with E-state index in [4.69, 9.17) is 4.74 Å². The van der Waals surface area contributed by atoms with Crippen LogP contribution in [0, 0.1) is 5.82 Å². The number of fused-ring (bicyclic) bond motifs is 1. The largest absolute Gasteiger partial charge is 0.376 e. The van der Waals surface area contributed by atoms with Gasteiger partial charge in [-0.3, -0.25) is 14.2 Å². The molecule has 1 aromatic heterocycles. The Balaban J connectivity index is 1.54. The average molecular weight is 456 g/mol. The highest BCUT2D eigenvalue weighted by Crippen LogP contribution is 2.24. The highest BCUT2D eigenvalue weighted by Gasteiger charge is 2.22. The lowest BCUT2D eigenvalue weighted by Gasteiger charge is -2.25. The van der Waals surface area contributed by atoms with Gasteiger partial charge >= 0.3 is 0 Å². The van der Waals surface area contributed by atoms with Crippen LogP contribution < -0.4 is 5.56 Å². The number of carbonyl (C=O) groups excluding carboxylic acids is 1. The Hall–Kier alpha value is -2.71. The summed E-state index contributed by atoms with van der Waals surface area (Å²) in [5.74, 6) is -0.270. The molecule has 2 atom stereocenters. The molecular formula is C24H26FN3O3S. The minimum atomic E-state index is -0.308. The molecule has 0 saturated carbocycles. The number of para-hydroxylation sites is 1. The number of carbonyl (C=O) groups is 1. The van der Waals surface area contributed by atoms with Crippen molar-refractivity contribution in [3.8, 4) is 0 Å². The lowest BCUT2D eigenvalue weighted by atomic mass is 10.1. The molecule has 2 heterocycles. The van der Waals surface area contributed by atoms with E-state index in [-0.39, 0.29) is 35.2 Å².